The highest BCUT2D eigenvalue weighted by Crippen LogP contribution is 2.53. The molecule has 1 aromatic carbocycles. The highest BCUT2D eigenvalue weighted by atomic mass is 16.5. The molecule has 3 aliphatic carbocycles. The molecule has 1 fully saturated rings. The van der Waals surface area contributed by atoms with Crippen LogP contribution in [0.4, 0.5) is 5.69 Å². The van der Waals surface area contributed by atoms with E-state index in [0.29, 0.717) is 44.0 Å². The summed E-state index contributed by atoms with van der Waals surface area (Å²) in [5.74, 6) is -6.52. The molecule has 0 unspecified atom stereocenters. The molecule has 4 atom stereocenters. The van der Waals surface area contributed by atoms with E-state index in [1.165, 1.54) is 4.90 Å². The van der Waals surface area contributed by atoms with E-state index >= 15 is 0 Å². The molecule has 0 spiro atoms. The number of anilines is 1. The zero-order valence-electron chi connectivity index (χ0n) is 23.1. The Balaban J connectivity index is 1.67. The normalized spacial score (nSPS) is 28.9. The summed E-state index contributed by atoms with van der Waals surface area (Å²) in [6.07, 6.45) is 0.294. The fourth-order valence-corrected chi connectivity index (χ4v) is 6.87. The van der Waals surface area contributed by atoms with Crippen molar-refractivity contribution in [2.45, 2.75) is 31.0 Å². The molecule has 12 heteroatoms. The molecular formula is C28H36N4O8. The minimum absolute atomic E-state index is 0.0234. The number of nitrogens with two attached hydrogens (primary N) is 1. The zero-order valence-corrected chi connectivity index (χ0v) is 23.1. The van der Waals surface area contributed by atoms with E-state index in [1.54, 1.807) is 14.1 Å². The van der Waals surface area contributed by atoms with Gasteiger partial charge in [-0.05, 0) is 44.5 Å². The largest absolute Gasteiger partial charge is 0.510 e. The van der Waals surface area contributed by atoms with E-state index < -0.39 is 58.0 Å². The van der Waals surface area contributed by atoms with Crippen molar-refractivity contribution >= 4 is 23.2 Å². The summed E-state index contributed by atoms with van der Waals surface area (Å²) in [5, 5.41) is 45.6. The lowest BCUT2D eigenvalue weighted by Gasteiger charge is -2.50. The maximum Gasteiger partial charge on any atom is 0.255 e. The van der Waals surface area contributed by atoms with Crippen molar-refractivity contribution in [3.63, 3.8) is 0 Å². The first-order valence-corrected chi connectivity index (χ1v) is 13.3. The number of nitrogens with zero attached hydrogens (tertiary/aromatic N) is 3. The summed E-state index contributed by atoms with van der Waals surface area (Å²) < 4.78 is 5.42. The average Bonchev–Trinajstić information content (AvgIpc) is 2.87. The Morgan fingerprint density at radius 1 is 1.15 bits per heavy atom. The molecule has 0 radical (unpaired) electrons. The number of aliphatic hydroxyl groups is 3. The summed E-state index contributed by atoms with van der Waals surface area (Å²) in [6, 6.07) is 0.841. The molecule has 6 N–H and O–H groups in total. The molecule has 1 amide bonds. The van der Waals surface area contributed by atoms with Gasteiger partial charge in [-0.15, -0.1) is 0 Å². The van der Waals surface area contributed by atoms with Gasteiger partial charge in [-0.25, -0.2) is 0 Å². The number of hydrogen-bond acceptors (Lipinski definition) is 11. The van der Waals surface area contributed by atoms with E-state index in [0.717, 1.165) is 5.69 Å². The number of phenols is 1. The van der Waals surface area contributed by atoms with Crippen LogP contribution in [-0.2, 0) is 27.3 Å². The third kappa shape index (κ3) is 4.00. The van der Waals surface area contributed by atoms with Gasteiger partial charge >= 0.3 is 0 Å². The molecule has 5 rings (SSSR count). The number of allylic oxidation sites excluding steroid dienone is 1. The van der Waals surface area contributed by atoms with E-state index in [-0.39, 0.29) is 29.7 Å². The minimum Gasteiger partial charge on any atom is -0.510 e. The number of phenolic OH excluding ortho intramolecular Hbond substituents is 1. The second-order valence-electron chi connectivity index (χ2n) is 11.5. The Morgan fingerprint density at radius 3 is 2.38 bits per heavy atom. The molecule has 12 nitrogen and oxygen atoms in total. The van der Waals surface area contributed by atoms with Crippen LogP contribution in [0.15, 0.2) is 28.7 Å². The fraction of sp³-hybridized carbons (Fsp3) is 0.536. The lowest BCUT2D eigenvalue weighted by molar-refractivity contribution is -0.148. The van der Waals surface area contributed by atoms with E-state index in [4.69, 9.17) is 10.5 Å². The van der Waals surface area contributed by atoms with Crippen LogP contribution in [-0.4, -0.2) is 114 Å². The summed E-state index contributed by atoms with van der Waals surface area (Å²) in [6.45, 7) is 2.84. The molecule has 1 aromatic rings. The molecule has 0 bridgehead atoms. The topological polar surface area (TPSA) is 177 Å². The summed E-state index contributed by atoms with van der Waals surface area (Å²) in [5.41, 5.74) is 3.66. The number of likely N-dealkylation sites (N-methyl/N-ethyl adjacent to an activating group) is 1. The van der Waals surface area contributed by atoms with Gasteiger partial charge in [0.1, 0.15) is 22.8 Å². The summed E-state index contributed by atoms with van der Waals surface area (Å²) in [4.78, 5) is 45.2. The lowest BCUT2D eigenvalue weighted by Crippen LogP contribution is -2.63. The monoisotopic (exact) mass is 556 g/mol. The zero-order chi connectivity index (χ0) is 29.3. The number of Topliss-reactive ketones (excluding diaryl/α,β-unsaturated/α-hetero) is 2. The van der Waals surface area contributed by atoms with Crippen molar-refractivity contribution < 1.29 is 39.5 Å². The molecule has 1 aliphatic heterocycles. The number of rotatable bonds is 5. The van der Waals surface area contributed by atoms with Gasteiger partial charge in [0.05, 0.1) is 24.8 Å². The third-order valence-corrected chi connectivity index (χ3v) is 8.76. The second-order valence-corrected chi connectivity index (χ2v) is 11.5. The Morgan fingerprint density at radius 2 is 1.80 bits per heavy atom. The number of ketones is 2. The Bertz CT molecular complexity index is 1360. The first kappa shape index (κ1) is 28.1. The number of carbonyl (C=O) groups excluding carboxylic acids is 3. The first-order chi connectivity index (χ1) is 18.8. The standard InChI is InChI=1S/C28H36N4O8/c1-30(2)17-11-14(12-32-5-7-40-8-6-32)22(33)19-15(17)9-13-10-16-21(31(3)4)24(35)20(27(29)38)26(37)28(16,39)25(36)18(13)23(19)34/h11,13,16,21,33,35-36,39H,5-10,12H2,1-4H3,(H2,29,38)/t13-,16-,21-,28-/m0/s1. The van der Waals surface area contributed by atoms with Crippen molar-refractivity contribution in [2.24, 2.45) is 17.6 Å². The number of hydrogen-bond donors (Lipinski definition) is 5. The van der Waals surface area contributed by atoms with E-state index in [2.05, 4.69) is 4.90 Å². The molecule has 4 aliphatic rings. The molecule has 1 heterocycles. The van der Waals surface area contributed by atoms with Crippen LogP contribution < -0.4 is 10.6 Å². The summed E-state index contributed by atoms with van der Waals surface area (Å²) >= 11 is 0. The Labute approximate surface area is 231 Å². The van der Waals surface area contributed by atoms with Gasteiger partial charge in [0, 0.05) is 56.5 Å². The predicted octanol–water partition coefficient (Wildman–Crippen LogP) is 0.0188. The predicted molar refractivity (Wildman–Crippen MR) is 144 cm³/mol. The van der Waals surface area contributed by atoms with Crippen molar-refractivity contribution in [1.82, 2.24) is 9.80 Å². The van der Waals surface area contributed by atoms with E-state index in [9.17, 15) is 34.8 Å². The number of primary amides is 1. The number of fused-ring (bicyclic) bond motifs is 3. The van der Waals surface area contributed by atoms with Gasteiger partial charge in [0.25, 0.3) is 5.91 Å². The average molecular weight is 557 g/mol. The van der Waals surface area contributed by atoms with Gasteiger partial charge in [0.2, 0.25) is 5.78 Å². The highest BCUT2D eigenvalue weighted by Gasteiger charge is 2.63. The van der Waals surface area contributed by atoms with Crippen LogP contribution in [0.2, 0.25) is 0 Å². The maximum atomic E-state index is 14.1. The Hall–Kier alpha value is -3.45. The van der Waals surface area contributed by atoms with Crippen LogP contribution in [0.5, 0.6) is 5.75 Å². The molecule has 216 valence electrons. The summed E-state index contributed by atoms with van der Waals surface area (Å²) in [7, 11) is 6.89. The van der Waals surface area contributed by atoms with Gasteiger partial charge in [0.15, 0.2) is 11.4 Å². The first-order valence-electron chi connectivity index (χ1n) is 13.3. The van der Waals surface area contributed by atoms with Crippen molar-refractivity contribution in [1.29, 1.82) is 0 Å². The number of ether oxygens (including phenoxy) is 1. The quantitative estimate of drug-likeness (QED) is 0.309. The highest BCUT2D eigenvalue weighted by molar-refractivity contribution is 6.24. The fourth-order valence-electron chi connectivity index (χ4n) is 6.87. The minimum atomic E-state index is -2.66. The number of aromatic hydroxyl groups is 1. The number of aliphatic hydroxyl groups excluding tert-OH is 2. The SMILES string of the molecule is CN(C)c1cc(CN2CCOCC2)c(O)c2c1C[C@H]1C[C@H]3[C@H](N(C)C)C(O)=C(C(N)=O)C(=O)[C@@]3(O)C(O)=C1C2=O. The number of benzene rings is 1. The van der Waals surface area contributed by atoms with Crippen LogP contribution in [0, 0.1) is 11.8 Å². The second kappa shape index (κ2) is 9.88. The molecule has 1 saturated heterocycles. The van der Waals surface area contributed by atoms with Crippen LogP contribution in [0.1, 0.15) is 27.9 Å². The van der Waals surface area contributed by atoms with Crippen LogP contribution in [0.3, 0.4) is 0 Å². The number of amides is 1. The number of carbonyl (C=O) groups is 3. The molecule has 0 aromatic heterocycles. The van der Waals surface area contributed by atoms with Gasteiger partial charge in [-0.1, -0.05) is 0 Å². The lowest BCUT2D eigenvalue weighted by atomic mass is 9.58. The van der Waals surface area contributed by atoms with E-state index in [1.807, 2.05) is 25.1 Å². The Kier molecular flexibility index (Phi) is 6.94. The van der Waals surface area contributed by atoms with Gasteiger partial charge in [-0.3, -0.25) is 24.2 Å². The maximum absolute atomic E-state index is 14.1. The van der Waals surface area contributed by atoms with Gasteiger partial charge < -0.3 is 35.8 Å². The molecule has 40 heavy (non-hydrogen) atoms. The van der Waals surface area contributed by atoms with Crippen molar-refractivity contribution in [2.75, 3.05) is 59.4 Å². The molecule has 0 saturated carbocycles. The van der Waals surface area contributed by atoms with Crippen LogP contribution in [0.25, 0.3) is 0 Å². The number of morpholine rings is 1. The van der Waals surface area contributed by atoms with Crippen molar-refractivity contribution in [3.05, 3.63) is 45.4 Å². The molecular weight excluding hydrogens is 520 g/mol. The van der Waals surface area contributed by atoms with Gasteiger partial charge in [-0.2, -0.15) is 0 Å². The van der Waals surface area contributed by atoms with Crippen LogP contribution >= 0.6 is 0 Å². The van der Waals surface area contributed by atoms with Crippen molar-refractivity contribution in [3.8, 4) is 5.75 Å². The third-order valence-electron chi connectivity index (χ3n) is 8.76. The smallest absolute Gasteiger partial charge is 0.255 e.